The number of carbonyl (C=O) groups is 1. The number of rotatable bonds is 7. The summed E-state index contributed by atoms with van der Waals surface area (Å²) < 4.78 is 5.80. The molecule has 3 heterocycles. The summed E-state index contributed by atoms with van der Waals surface area (Å²) in [6, 6.07) is 11.3. The summed E-state index contributed by atoms with van der Waals surface area (Å²) in [4.78, 5) is 21.3. The lowest BCUT2D eigenvalue weighted by Crippen LogP contribution is -2.31. The van der Waals surface area contributed by atoms with Crippen molar-refractivity contribution in [3.8, 4) is 21.3 Å². The van der Waals surface area contributed by atoms with E-state index in [9.17, 15) is 4.79 Å². The Labute approximate surface area is 187 Å². The van der Waals surface area contributed by atoms with Crippen molar-refractivity contribution in [3.63, 3.8) is 0 Å². The fourth-order valence-electron chi connectivity index (χ4n) is 2.99. The van der Waals surface area contributed by atoms with Crippen LogP contribution >= 0.6 is 34.3 Å². The average Bonchev–Trinajstić information content (AvgIpc) is 3.48. The Kier molecular flexibility index (Phi) is 6.26. The summed E-state index contributed by atoms with van der Waals surface area (Å²) in [5.74, 6) is 0.632. The lowest BCUT2D eigenvalue weighted by Gasteiger charge is -2.19. The largest absolute Gasteiger partial charge is 0.419 e. The van der Waals surface area contributed by atoms with E-state index < -0.39 is 0 Å². The molecule has 30 heavy (non-hydrogen) atoms. The van der Waals surface area contributed by atoms with Crippen molar-refractivity contribution in [3.05, 3.63) is 63.3 Å². The maximum Gasteiger partial charge on any atom is 0.266 e. The molecule has 4 aromatic rings. The molecule has 6 nitrogen and oxygen atoms in total. The molecular formula is C21H19ClN4O2S2. The highest BCUT2D eigenvalue weighted by Gasteiger charge is 2.24. The average molecular weight is 459 g/mol. The van der Waals surface area contributed by atoms with Gasteiger partial charge in [0.05, 0.1) is 27.7 Å². The first-order valence-corrected chi connectivity index (χ1v) is 11.5. The van der Waals surface area contributed by atoms with E-state index in [0.717, 1.165) is 22.0 Å². The van der Waals surface area contributed by atoms with Crippen LogP contribution in [0.5, 0.6) is 0 Å². The molecular weight excluding hydrogens is 440 g/mol. The molecule has 4 rings (SSSR count). The van der Waals surface area contributed by atoms with Crippen molar-refractivity contribution in [1.29, 1.82) is 0 Å². The van der Waals surface area contributed by atoms with Gasteiger partial charge in [0.15, 0.2) is 0 Å². The number of benzene rings is 1. The molecule has 0 N–H and O–H groups in total. The second-order valence-corrected chi connectivity index (χ2v) is 8.97. The van der Waals surface area contributed by atoms with E-state index in [2.05, 4.69) is 15.2 Å². The van der Waals surface area contributed by atoms with Crippen molar-refractivity contribution in [2.24, 2.45) is 0 Å². The van der Waals surface area contributed by atoms with Gasteiger partial charge in [-0.3, -0.25) is 4.79 Å². The number of carbonyl (C=O) groups excluding carboxylic acids is 1. The minimum Gasteiger partial charge on any atom is -0.419 e. The molecule has 0 radical (unpaired) electrons. The Morgan fingerprint density at radius 2 is 2.03 bits per heavy atom. The lowest BCUT2D eigenvalue weighted by molar-refractivity contribution is 0.0732. The summed E-state index contributed by atoms with van der Waals surface area (Å²) in [6.07, 6.45) is 0.812. The van der Waals surface area contributed by atoms with E-state index in [4.69, 9.17) is 16.0 Å². The number of thiazole rings is 1. The Balaban J connectivity index is 1.56. The van der Waals surface area contributed by atoms with Crippen LogP contribution in [0.3, 0.4) is 0 Å². The van der Waals surface area contributed by atoms with Crippen LogP contribution in [0, 0.1) is 6.92 Å². The van der Waals surface area contributed by atoms with Gasteiger partial charge in [-0.15, -0.1) is 32.9 Å². The topological polar surface area (TPSA) is 72.1 Å². The summed E-state index contributed by atoms with van der Waals surface area (Å²) in [7, 11) is 0. The normalized spacial score (nSPS) is 11.0. The van der Waals surface area contributed by atoms with Crippen LogP contribution < -0.4 is 0 Å². The van der Waals surface area contributed by atoms with Crippen LogP contribution in [0.15, 0.2) is 46.2 Å². The molecule has 0 unspecified atom stereocenters. The minimum absolute atomic E-state index is 0.0767. The van der Waals surface area contributed by atoms with E-state index in [1.54, 1.807) is 22.3 Å². The third kappa shape index (κ3) is 4.30. The standard InChI is InChI=1S/C21H19ClN4O2S2/c1-3-10-26(12-17-24-25-19(28-17)14-7-4-5-8-15(14)22)21(27)18-13(2)23-20(30-18)16-9-6-11-29-16/h4-9,11H,3,10,12H2,1-2H3. The van der Waals surface area contributed by atoms with E-state index in [-0.39, 0.29) is 12.5 Å². The Bertz CT molecular complexity index is 1150. The lowest BCUT2D eigenvalue weighted by atomic mass is 10.2. The molecule has 1 amide bonds. The van der Waals surface area contributed by atoms with Crippen LogP contribution in [0.2, 0.25) is 5.02 Å². The molecule has 0 aliphatic rings. The number of thiophene rings is 1. The van der Waals surface area contributed by atoms with Gasteiger partial charge in [-0.25, -0.2) is 4.98 Å². The fraction of sp³-hybridized carbons (Fsp3) is 0.238. The Morgan fingerprint density at radius 3 is 2.77 bits per heavy atom. The smallest absolute Gasteiger partial charge is 0.266 e. The van der Waals surface area contributed by atoms with Gasteiger partial charge in [0.1, 0.15) is 9.88 Å². The van der Waals surface area contributed by atoms with Gasteiger partial charge in [0.25, 0.3) is 5.91 Å². The van der Waals surface area contributed by atoms with Gasteiger partial charge >= 0.3 is 0 Å². The summed E-state index contributed by atoms with van der Waals surface area (Å²) in [5.41, 5.74) is 1.40. The molecule has 0 saturated carbocycles. The number of aryl methyl sites for hydroxylation is 1. The van der Waals surface area contributed by atoms with E-state index in [1.165, 1.54) is 11.3 Å². The molecule has 9 heteroatoms. The highest BCUT2D eigenvalue weighted by molar-refractivity contribution is 7.22. The number of hydrogen-bond acceptors (Lipinski definition) is 7. The summed E-state index contributed by atoms with van der Waals surface area (Å²) >= 11 is 9.25. The Morgan fingerprint density at radius 1 is 1.20 bits per heavy atom. The molecule has 0 spiro atoms. The molecule has 3 aromatic heterocycles. The van der Waals surface area contributed by atoms with Gasteiger partial charge in [-0.1, -0.05) is 36.7 Å². The van der Waals surface area contributed by atoms with Crippen molar-refractivity contribution < 1.29 is 9.21 Å². The number of nitrogens with zero attached hydrogens (tertiary/aromatic N) is 4. The quantitative estimate of drug-likeness (QED) is 0.343. The second kappa shape index (κ2) is 9.07. The number of aromatic nitrogens is 3. The molecule has 1 aromatic carbocycles. The molecule has 0 bridgehead atoms. The molecule has 0 aliphatic carbocycles. The third-order valence-corrected chi connectivity index (χ3v) is 6.91. The number of hydrogen-bond donors (Lipinski definition) is 0. The summed E-state index contributed by atoms with van der Waals surface area (Å²) in [6.45, 7) is 4.71. The first-order valence-electron chi connectivity index (χ1n) is 9.44. The number of amides is 1. The van der Waals surface area contributed by atoms with Crippen molar-refractivity contribution in [1.82, 2.24) is 20.1 Å². The Hall–Kier alpha value is -2.55. The van der Waals surface area contributed by atoms with Gasteiger partial charge in [0.2, 0.25) is 11.8 Å². The van der Waals surface area contributed by atoms with Crippen LogP contribution in [0.1, 0.15) is 34.6 Å². The zero-order valence-corrected chi connectivity index (χ0v) is 18.9. The molecule has 0 atom stereocenters. The van der Waals surface area contributed by atoms with Crippen molar-refractivity contribution in [2.75, 3.05) is 6.54 Å². The van der Waals surface area contributed by atoms with Crippen molar-refractivity contribution >= 4 is 40.2 Å². The van der Waals surface area contributed by atoms with Crippen LogP contribution in [-0.2, 0) is 6.54 Å². The highest BCUT2D eigenvalue weighted by atomic mass is 35.5. The van der Waals surface area contributed by atoms with E-state index in [0.29, 0.717) is 33.8 Å². The van der Waals surface area contributed by atoms with E-state index >= 15 is 0 Å². The predicted molar refractivity (Wildman–Crippen MR) is 120 cm³/mol. The molecule has 0 fully saturated rings. The minimum atomic E-state index is -0.0767. The monoisotopic (exact) mass is 458 g/mol. The maximum absolute atomic E-state index is 13.3. The first-order chi connectivity index (χ1) is 14.6. The first kappa shape index (κ1) is 20.7. The molecule has 154 valence electrons. The van der Waals surface area contributed by atoms with Crippen LogP contribution in [-0.4, -0.2) is 32.5 Å². The zero-order valence-electron chi connectivity index (χ0n) is 16.5. The van der Waals surface area contributed by atoms with E-state index in [1.807, 2.05) is 49.6 Å². The van der Waals surface area contributed by atoms with Crippen LogP contribution in [0.4, 0.5) is 0 Å². The third-order valence-electron chi connectivity index (χ3n) is 4.40. The second-order valence-electron chi connectivity index (χ2n) is 6.62. The fourth-order valence-corrected chi connectivity index (χ4v) is 5.04. The summed E-state index contributed by atoms with van der Waals surface area (Å²) in [5, 5.41) is 11.6. The predicted octanol–water partition coefficient (Wildman–Crippen LogP) is 5.94. The molecule has 0 aliphatic heterocycles. The SMILES string of the molecule is CCCN(Cc1nnc(-c2ccccc2Cl)o1)C(=O)c1sc(-c2cccs2)nc1C. The van der Waals surface area contributed by atoms with Crippen molar-refractivity contribution in [2.45, 2.75) is 26.8 Å². The van der Waals surface area contributed by atoms with Gasteiger partial charge < -0.3 is 9.32 Å². The van der Waals surface area contributed by atoms with Gasteiger partial charge in [-0.05, 0) is 36.9 Å². The highest BCUT2D eigenvalue weighted by Crippen LogP contribution is 2.32. The maximum atomic E-state index is 13.3. The van der Waals surface area contributed by atoms with Crippen LogP contribution in [0.25, 0.3) is 21.3 Å². The number of halogens is 1. The van der Waals surface area contributed by atoms with Gasteiger partial charge in [0, 0.05) is 6.54 Å². The zero-order chi connectivity index (χ0) is 21.1. The molecule has 0 saturated heterocycles. The van der Waals surface area contributed by atoms with Gasteiger partial charge in [-0.2, -0.15) is 0 Å².